The van der Waals surface area contributed by atoms with E-state index in [0.29, 0.717) is 0 Å². The molecule has 0 saturated heterocycles. The van der Waals surface area contributed by atoms with Crippen LogP contribution in [0.2, 0.25) is 0 Å². The minimum absolute atomic E-state index is 0. The van der Waals surface area contributed by atoms with Crippen molar-refractivity contribution in [1.82, 2.24) is 0 Å². The van der Waals surface area contributed by atoms with Gasteiger partial charge in [-0.25, -0.2) is 8.42 Å². The summed E-state index contributed by atoms with van der Waals surface area (Å²) >= 11 is -5.38. The topological polar surface area (TPSA) is 135 Å². The summed E-state index contributed by atoms with van der Waals surface area (Å²) in [6.07, 6.45) is 0. The Morgan fingerprint density at radius 1 is 1.13 bits per heavy atom. The molecule has 0 saturated carbocycles. The second-order valence-electron chi connectivity index (χ2n) is 1.30. The first kappa shape index (κ1) is 25.0. The van der Waals surface area contributed by atoms with Crippen LogP contribution in [0.3, 0.4) is 0 Å². The van der Waals surface area contributed by atoms with Crippen molar-refractivity contribution in [1.29, 1.82) is 0 Å². The molecular formula is CHF3Li2MnO7S. The molecule has 0 aliphatic heterocycles. The Balaban J connectivity index is -0.0000000770. The van der Waals surface area contributed by atoms with Crippen molar-refractivity contribution >= 4 is 10.1 Å². The average Bonchev–Trinajstić information content (AvgIpc) is 1.50. The number of halogens is 3. The van der Waals surface area contributed by atoms with Gasteiger partial charge in [-0.05, 0) is 0 Å². The minimum atomic E-state index is -6.09. The summed E-state index contributed by atoms with van der Waals surface area (Å²) < 4.78 is 92.0. The van der Waals surface area contributed by atoms with Crippen LogP contribution in [-0.2, 0) is 31.2 Å². The van der Waals surface area contributed by atoms with Crippen LogP contribution >= 0.6 is 0 Å². The molecule has 0 aliphatic carbocycles. The van der Waals surface area contributed by atoms with Crippen molar-refractivity contribution in [2.45, 2.75) is 5.51 Å². The molecule has 0 bridgehead atoms. The molecule has 1 N–H and O–H groups in total. The summed E-state index contributed by atoms with van der Waals surface area (Å²) in [6.45, 7) is 0. The molecule has 0 unspecified atom stereocenters. The van der Waals surface area contributed by atoms with Gasteiger partial charge in [-0.3, -0.25) is 0 Å². The van der Waals surface area contributed by atoms with Crippen molar-refractivity contribution in [2.24, 2.45) is 0 Å². The molecule has 0 fully saturated rings. The van der Waals surface area contributed by atoms with Crippen LogP contribution in [0.1, 0.15) is 0 Å². The Labute approximate surface area is 108 Å². The van der Waals surface area contributed by atoms with Gasteiger partial charge in [0.15, 0.2) is 10.1 Å². The third-order valence-electron chi connectivity index (χ3n) is 0.283. The number of alkyl halides is 3. The zero-order valence-corrected chi connectivity index (χ0v) is 9.31. The molecule has 0 rings (SSSR count). The Hall–Kier alpha value is 0.934. The zero-order valence-electron chi connectivity index (χ0n) is 7.32. The number of hydrogen-bond donors (Lipinski definition) is 1. The van der Waals surface area contributed by atoms with E-state index < -0.39 is 29.0 Å². The maximum absolute atomic E-state index is 10.7. The van der Waals surface area contributed by atoms with E-state index in [1.165, 1.54) is 0 Å². The van der Waals surface area contributed by atoms with E-state index in [-0.39, 0.29) is 37.7 Å². The molecule has 0 spiro atoms. The quantitative estimate of drug-likeness (QED) is 0.265. The summed E-state index contributed by atoms with van der Waals surface area (Å²) in [5.41, 5.74) is -5.65. The van der Waals surface area contributed by atoms with Crippen LogP contribution < -0.4 is 41.9 Å². The Kier molecular flexibility index (Phi) is 13.5. The van der Waals surface area contributed by atoms with Gasteiger partial charge in [-0.15, -0.1) is 0 Å². The summed E-state index contributed by atoms with van der Waals surface area (Å²) in [5.74, 6) is 0. The van der Waals surface area contributed by atoms with Crippen LogP contribution in [0.4, 0.5) is 13.2 Å². The van der Waals surface area contributed by atoms with Crippen LogP contribution in [0.15, 0.2) is 0 Å². The zero-order chi connectivity index (χ0) is 11.5. The number of hydrogen-bond acceptors (Lipinski definition) is 6. The van der Waals surface area contributed by atoms with Crippen LogP contribution in [0.25, 0.3) is 0 Å². The molecule has 83 valence electrons. The van der Waals surface area contributed by atoms with E-state index in [0.717, 1.165) is 0 Å². The standard InChI is InChI=1S/CHF3O3S.2Li.Mn.H2O.3O/c2-1(3,4)8(5,6)7;;;;;;;/h(H,5,6,7);;;;1H2;;;/q;3*+1;;;;-1/p-2. The summed E-state index contributed by atoms with van der Waals surface area (Å²) in [4.78, 5) is 0. The van der Waals surface area contributed by atoms with E-state index in [2.05, 4.69) is 0 Å². The van der Waals surface area contributed by atoms with Gasteiger partial charge in [0, 0.05) is 0 Å². The predicted molar refractivity (Wildman–Crippen MR) is 19.3 cm³/mol. The molecule has 14 heteroatoms. The first-order valence-electron chi connectivity index (χ1n) is 1.90. The number of rotatable bonds is 0. The normalized spacial score (nSPS) is 11.3. The molecule has 0 aromatic heterocycles. The van der Waals surface area contributed by atoms with Crippen LogP contribution in [0, 0.1) is 0 Å². The van der Waals surface area contributed by atoms with E-state index in [1.807, 2.05) is 0 Å². The Morgan fingerprint density at radius 2 is 1.20 bits per heavy atom. The van der Waals surface area contributed by atoms with E-state index in [9.17, 15) is 13.2 Å². The molecule has 7 nitrogen and oxygen atoms in total. The van der Waals surface area contributed by atoms with Gasteiger partial charge in [0.2, 0.25) is 0 Å². The van der Waals surface area contributed by atoms with E-state index in [4.69, 9.17) is 29.0 Å². The van der Waals surface area contributed by atoms with Crippen LogP contribution in [-0.4, -0.2) is 22.7 Å². The molecule has 0 aromatic rings. The third kappa shape index (κ3) is 25.3. The van der Waals surface area contributed by atoms with Crippen molar-refractivity contribution in [3.8, 4) is 0 Å². The summed E-state index contributed by atoms with van der Waals surface area (Å²) in [7, 11) is -6.09. The van der Waals surface area contributed by atoms with Gasteiger partial charge in [0.25, 0.3) is 0 Å². The predicted octanol–water partition coefficient (Wildman–Crippen LogP) is -7.93. The van der Waals surface area contributed by atoms with Gasteiger partial charge in [-0.2, -0.15) is 13.2 Å². The molecular weight excluding hydrogens is 282 g/mol. The average molecular weight is 283 g/mol. The molecule has 0 heterocycles. The van der Waals surface area contributed by atoms with Crippen LogP contribution in [0.5, 0.6) is 0 Å². The second kappa shape index (κ2) is 8.09. The first-order valence-corrected chi connectivity index (χ1v) is 5.28. The van der Waals surface area contributed by atoms with Crippen molar-refractivity contribution in [3.63, 3.8) is 0 Å². The summed E-state index contributed by atoms with van der Waals surface area (Å²) in [6, 6.07) is 0. The fourth-order valence-corrected chi connectivity index (χ4v) is 0. The fraction of sp³-hybridized carbons (Fsp3) is 1.00. The van der Waals surface area contributed by atoms with Gasteiger partial charge < -0.3 is 4.55 Å². The third-order valence-corrected chi connectivity index (χ3v) is 0.850. The molecule has 0 aliphatic rings. The first-order chi connectivity index (χ1) is 5.25. The SMILES string of the molecule is O=S(=O)([O-])C(F)(F)F.[Li+].[Li+].[O]=[Mn](=[O])([O-])[OH]. The van der Waals surface area contributed by atoms with Crippen molar-refractivity contribution in [2.75, 3.05) is 0 Å². The summed E-state index contributed by atoms with van der Waals surface area (Å²) in [5, 5.41) is 0. The maximum atomic E-state index is 10.7. The monoisotopic (exact) mass is 283 g/mol. The molecule has 0 radical (unpaired) electrons. The fourth-order valence-electron chi connectivity index (χ4n) is 0. The van der Waals surface area contributed by atoms with Gasteiger partial charge in [-0.1, -0.05) is 0 Å². The Morgan fingerprint density at radius 3 is 1.20 bits per heavy atom. The molecule has 15 heavy (non-hydrogen) atoms. The van der Waals surface area contributed by atoms with Gasteiger partial charge in [0.05, 0.1) is 0 Å². The van der Waals surface area contributed by atoms with E-state index >= 15 is 0 Å². The van der Waals surface area contributed by atoms with Gasteiger partial charge >= 0.3 is 72.6 Å². The molecule has 0 atom stereocenters. The molecule has 0 amide bonds. The van der Waals surface area contributed by atoms with Gasteiger partial charge in [0.1, 0.15) is 0 Å². The second-order valence-corrected chi connectivity index (χ2v) is 3.90. The van der Waals surface area contributed by atoms with Crippen molar-refractivity contribution < 1.29 is 93.3 Å². The molecule has 0 aromatic carbocycles. The van der Waals surface area contributed by atoms with E-state index in [1.54, 1.807) is 0 Å². The van der Waals surface area contributed by atoms with Crippen molar-refractivity contribution in [3.05, 3.63) is 0 Å². The Bertz CT molecular complexity index is 335.